The first kappa shape index (κ1) is 30.2. The summed E-state index contributed by atoms with van der Waals surface area (Å²) in [5.74, 6) is -0.165. The van der Waals surface area contributed by atoms with Gasteiger partial charge in [-0.05, 0) is 55.8 Å². The van der Waals surface area contributed by atoms with Crippen LogP contribution in [0, 0.1) is 6.92 Å². The van der Waals surface area contributed by atoms with Gasteiger partial charge in [-0.1, -0.05) is 41.9 Å². The van der Waals surface area contributed by atoms with Gasteiger partial charge in [-0.2, -0.15) is 0 Å². The molecule has 2 aromatic carbocycles. The Balaban J connectivity index is 0.00000289. The lowest BCUT2D eigenvalue weighted by molar-refractivity contribution is -0.145. The second-order valence-electron chi connectivity index (χ2n) is 8.05. The van der Waals surface area contributed by atoms with Gasteiger partial charge in [0.2, 0.25) is 5.91 Å². The Morgan fingerprint density at radius 2 is 1.65 bits per heavy atom. The molecule has 1 heterocycles. The Kier molecular flexibility index (Phi) is 12.9. The third-order valence-corrected chi connectivity index (χ3v) is 5.97. The summed E-state index contributed by atoms with van der Waals surface area (Å²) < 4.78 is 0. The van der Waals surface area contributed by atoms with Crippen molar-refractivity contribution < 1.29 is 9.59 Å². The van der Waals surface area contributed by atoms with E-state index in [1.807, 2.05) is 49.3 Å². The SMILES string of the molecule is CNCCCN(C(=O)CNCC(=O)N(C)N1Cc2ccccc2C1)c1cc(Cl)ccc1C.Cl.Cl. The summed E-state index contributed by atoms with van der Waals surface area (Å²) in [7, 11) is 3.66. The summed E-state index contributed by atoms with van der Waals surface area (Å²) in [5.41, 5.74) is 4.27. The van der Waals surface area contributed by atoms with Crippen LogP contribution in [0.4, 0.5) is 5.69 Å². The zero-order chi connectivity index (χ0) is 23.1. The quantitative estimate of drug-likeness (QED) is 0.461. The number of anilines is 1. The number of rotatable bonds is 10. The van der Waals surface area contributed by atoms with Gasteiger partial charge < -0.3 is 10.2 Å². The number of hydrazine groups is 1. The predicted molar refractivity (Wildman–Crippen MR) is 143 cm³/mol. The minimum absolute atomic E-state index is 0. The molecule has 2 aromatic rings. The van der Waals surface area contributed by atoms with Gasteiger partial charge in [-0.25, -0.2) is 5.01 Å². The molecule has 0 unspecified atom stereocenters. The number of fused-ring (bicyclic) bond motifs is 1. The largest absolute Gasteiger partial charge is 0.320 e. The van der Waals surface area contributed by atoms with E-state index in [1.165, 1.54) is 11.1 Å². The van der Waals surface area contributed by atoms with Crippen molar-refractivity contribution in [3.63, 3.8) is 0 Å². The van der Waals surface area contributed by atoms with E-state index in [4.69, 9.17) is 11.6 Å². The number of carbonyl (C=O) groups is 2. The van der Waals surface area contributed by atoms with Crippen molar-refractivity contribution in [2.45, 2.75) is 26.4 Å². The van der Waals surface area contributed by atoms with E-state index in [0.717, 1.165) is 24.2 Å². The molecule has 0 atom stereocenters. The number of hydrogen-bond donors (Lipinski definition) is 2. The van der Waals surface area contributed by atoms with Crippen LogP contribution < -0.4 is 15.5 Å². The topological polar surface area (TPSA) is 67.9 Å². The van der Waals surface area contributed by atoms with E-state index in [9.17, 15) is 9.59 Å². The smallest absolute Gasteiger partial charge is 0.250 e. The maximum Gasteiger partial charge on any atom is 0.250 e. The van der Waals surface area contributed by atoms with Crippen molar-refractivity contribution in [3.8, 4) is 0 Å². The number of nitrogens with one attached hydrogen (secondary N) is 2. The van der Waals surface area contributed by atoms with Crippen LogP contribution in [0.1, 0.15) is 23.1 Å². The highest BCUT2D eigenvalue weighted by Crippen LogP contribution is 2.25. The fourth-order valence-electron chi connectivity index (χ4n) is 3.84. The maximum atomic E-state index is 13.0. The van der Waals surface area contributed by atoms with E-state index in [0.29, 0.717) is 24.7 Å². The number of aryl methyl sites for hydroxylation is 1. The van der Waals surface area contributed by atoms with Crippen molar-refractivity contribution in [2.24, 2.45) is 0 Å². The molecule has 0 aromatic heterocycles. The number of benzene rings is 2. The van der Waals surface area contributed by atoms with Gasteiger partial charge >= 0.3 is 0 Å². The molecule has 1 aliphatic heterocycles. The first-order valence-corrected chi connectivity index (χ1v) is 11.3. The molecule has 0 bridgehead atoms. The third-order valence-electron chi connectivity index (χ3n) is 5.73. The van der Waals surface area contributed by atoms with Gasteiger partial charge in [0.15, 0.2) is 0 Å². The van der Waals surface area contributed by atoms with E-state index in [2.05, 4.69) is 22.8 Å². The molecular weight excluding hydrogens is 497 g/mol. The summed E-state index contributed by atoms with van der Waals surface area (Å²) in [6.45, 7) is 4.93. The summed E-state index contributed by atoms with van der Waals surface area (Å²) >= 11 is 6.18. The van der Waals surface area contributed by atoms with Crippen LogP contribution in [0.25, 0.3) is 0 Å². The molecule has 188 valence electrons. The van der Waals surface area contributed by atoms with Crippen molar-refractivity contribution in [1.29, 1.82) is 0 Å². The highest BCUT2D eigenvalue weighted by atomic mass is 35.5. The molecule has 0 radical (unpaired) electrons. The van der Waals surface area contributed by atoms with Gasteiger partial charge in [0.1, 0.15) is 0 Å². The van der Waals surface area contributed by atoms with Crippen LogP contribution in [0.15, 0.2) is 42.5 Å². The molecule has 0 aliphatic carbocycles. The van der Waals surface area contributed by atoms with Crippen LogP contribution in [0.2, 0.25) is 5.02 Å². The molecule has 0 fully saturated rings. The van der Waals surface area contributed by atoms with Crippen LogP contribution in [0.3, 0.4) is 0 Å². The molecule has 34 heavy (non-hydrogen) atoms. The number of carbonyl (C=O) groups excluding carboxylic acids is 2. The van der Waals surface area contributed by atoms with Crippen LogP contribution in [-0.2, 0) is 22.7 Å². The highest BCUT2D eigenvalue weighted by Gasteiger charge is 2.25. The van der Waals surface area contributed by atoms with Gasteiger partial charge in [-0.15, -0.1) is 24.8 Å². The molecule has 2 amide bonds. The number of halogens is 3. The molecule has 0 saturated carbocycles. The Labute approximate surface area is 219 Å². The van der Waals surface area contributed by atoms with Crippen molar-refractivity contribution in [1.82, 2.24) is 20.7 Å². The van der Waals surface area contributed by atoms with E-state index in [-0.39, 0.29) is 49.7 Å². The van der Waals surface area contributed by atoms with Crippen molar-refractivity contribution in [3.05, 3.63) is 64.2 Å². The van der Waals surface area contributed by atoms with Crippen molar-refractivity contribution in [2.75, 3.05) is 45.2 Å². The van der Waals surface area contributed by atoms with Gasteiger partial charge in [0, 0.05) is 37.4 Å². The summed E-state index contributed by atoms with van der Waals surface area (Å²) in [6.07, 6.45) is 0.811. The lowest BCUT2D eigenvalue weighted by atomic mass is 10.1. The number of likely N-dealkylation sites (N-methyl/N-ethyl adjacent to an activating group) is 1. The van der Waals surface area contributed by atoms with E-state index >= 15 is 0 Å². The highest BCUT2D eigenvalue weighted by molar-refractivity contribution is 6.31. The summed E-state index contributed by atoms with van der Waals surface area (Å²) in [6, 6.07) is 13.8. The first-order chi connectivity index (χ1) is 15.4. The molecule has 10 heteroatoms. The molecule has 2 N–H and O–H groups in total. The number of hydrogen-bond acceptors (Lipinski definition) is 5. The van der Waals surface area contributed by atoms with E-state index in [1.54, 1.807) is 17.0 Å². The molecule has 0 spiro atoms. The normalized spacial score (nSPS) is 12.4. The molecular formula is C24H34Cl3N5O2. The summed E-state index contributed by atoms with van der Waals surface area (Å²) in [5, 5.41) is 10.4. The van der Waals surface area contributed by atoms with Gasteiger partial charge in [-0.3, -0.25) is 19.9 Å². The molecule has 0 saturated heterocycles. The minimum Gasteiger partial charge on any atom is -0.320 e. The molecule has 3 rings (SSSR count). The average molecular weight is 531 g/mol. The molecule has 7 nitrogen and oxygen atoms in total. The Bertz CT molecular complexity index is 935. The average Bonchev–Trinajstić information content (AvgIpc) is 3.22. The van der Waals surface area contributed by atoms with Gasteiger partial charge in [0.25, 0.3) is 5.91 Å². The number of nitrogens with zero attached hydrogens (tertiary/aromatic N) is 3. The monoisotopic (exact) mass is 529 g/mol. The Morgan fingerprint density at radius 1 is 1.03 bits per heavy atom. The van der Waals surface area contributed by atoms with Crippen LogP contribution in [0.5, 0.6) is 0 Å². The minimum atomic E-state index is -0.0875. The van der Waals surface area contributed by atoms with Crippen LogP contribution >= 0.6 is 36.4 Å². The maximum absolute atomic E-state index is 13.0. The van der Waals surface area contributed by atoms with E-state index < -0.39 is 0 Å². The third kappa shape index (κ3) is 7.83. The zero-order valence-electron chi connectivity index (χ0n) is 19.8. The molecule has 1 aliphatic rings. The van der Waals surface area contributed by atoms with Crippen molar-refractivity contribution >= 4 is 53.9 Å². The van der Waals surface area contributed by atoms with Gasteiger partial charge in [0.05, 0.1) is 13.1 Å². The first-order valence-electron chi connectivity index (χ1n) is 10.9. The lowest BCUT2D eigenvalue weighted by Gasteiger charge is -2.28. The van der Waals surface area contributed by atoms with Crippen LogP contribution in [-0.4, -0.2) is 62.1 Å². The standard InChI is InChI=1S/C24H32ClN5O2.2ClH/c1-18-9-10-21(25)13-22(18)30(12-6-11-26-2)24(32)15-27-14-23(31)28(3)29-16-19-7-4-5-8-20(19)17-29;;/h4-5,7-10,13,26-27H,6,11-12,14-17H2,1-3H3;2*1H. The zero-order valence-corrected chi connectivity index (χ0v) is 22.2. The predicted octanol–water partition coefficient (Wildman–Crippen LogP) is 3.41. The second kappa shape index (κ2) is 14.5. The second-order valence-corrected chi connectivity index (χ2v) is 8.48. The summed E-state index contributed by atoms with van der Waals surface area (Å²) in [4.78, 5) is 27.5. The Hall–Kier alpha value is -1.87. The fraction of sp³-hybridized carbons (Fsp3) is 0.417. The Morgan fingerprint density at radius 3 is 2.26 bits per heavy atom. The number of amides is 2. The lowest BCUT2D eigenvalue weighted by Crippen LogP contribution is -2.47. The fourth-order valence-corrected chi connectivity index (χ4v) is 4.00.